The first kappa shape index (κ1) is 22.9. The minimum atomic E-state index is -0.367. The highest BCUT2D eigenvalue weighted by Crippen LogP contribution is 2.17. The van der Waals surface area contributed by atoms with Crippen molar-refractivity contribution in [2.75, 3.05) is 33.9 Å². The standard InChI is InChI=1S/C17H28FN3O2.HI/c1-13(2)7-9-23-10-8-20-17(19-3)21-12-14-5-6-16(22-4)15(18)11-14;/h5-6,11,13H,7-10,12H2,1-4H3,(H2,19,20,21);1H. The van der Waals surface area contributed by atoms with Crippen LogP contribution in [-0.4, -0.2) is 39.9 Å². The minimum absolute atomic E-state index is 0. The Morgan fingerprint density at radius 2 is 2.00 bits per heavy atom. The molecule has 138 valence electrons. The normalized spacial score (nSPS) is 11.2. The van der Waals surface area contributed by atoms with E-state index in [1.807, 2.05) is 6.07 Å². The van der Waals surface area contributed by atoms with Crippen molar-refractivity contribution in [3.8, 4) is 5.75 Å². The summed E-state index contributed by atoms with van der Waals surface area (Å²) in [7, 11) is 3.15. The zero-order valence-corrected chi connectivity index (χ0v) is 17.2. The molecule has 0 spiro atoms. The summed E-state index contributed by atoms with van der Waals surface area (Å²) in [6.45, 7) is 6.91. The van der Waals surface area contributed by atoms with Crippen molar-refractivity contribution in [1.82, 2.24) is 10.6 Å². The highest BCUT2D eigenvalue weighted by Gasteiger charge is 2.04. The topological polar surface area (TPSA) is 54.9 Å². The molecule has 1 aromatic rings. The first-order valence-corrected chi connectivity index (χ1v) is 7.91. The van der Waals surface area contributed by atoms with Gasteiger partial charge in [0.05, 0.1) is 13.7 Å². The molecule has 0 saturated heterocycles. The summed E-state index contributed by atoms with van der Waals surface area (Å²) < 4.78 is 24.1. The van der Waals surface area contributed by atoms with Crippen LogP contribution in [0.1, 0.15) is 25.8 Å². The maximum atomic E-state index is 13.6. The number of hydrogen-bond acceptors (Lipinski definition) is 3. The van der Waals surface area contributed by atoms with Gasteiger partial charge in [-0.25, -0.2) is 4.39 Å². The van der Waals surface area contributed by atoms with Crippen molar-refractivity contribution in [3.05, 3.63) is 29.6 Å². The average molecular weight is 453 g/mol. The minimum Gasteiger partial charge on any atom is -0.494 e. The van der Waals surface area contributed by atoms with E-state index >= 15 is 0 Å². The molecular formula is C17H29FIN3O2. The van der Waals surface area contributed by atoms with E-state index in [0.29, 0.717) is 31.6 Å². The van der Waals surface area contributed by atoms with E-state index in [0.717, 1.165) is 18.6 Å². The quantitative estimate of drug-likeness (QED) is 0.261. The van der Waals surface area contributed by atoms with Crippen LogP contribution in [0.15, 0.2) is 23.2 Å². The van der Waals surface area contributed by atoms with Gasteiger partial charge in [0.15, 0.2) is 17.5 Å². The average Bonchev–Trinajstić information content (AvgIpc) is 2.53. The number of rotatable bonds is 9. The molecule has 0 bridgehead atoms. The fourth-order valence-corrected chi connectivity index (χ4v) is 1.89. The van der Waals surface area contributed by atoms with E-state index < -0.39 is 0 Å². The molecule has 0 heterocycles. The van der Waals surface area contributed by atoms with Crippen molar-refractivity contribution in [2.45, 2.75) is 26.8 Å². The first-order valence-electron chi connectivity index (χ1n) is 7.91. The van der Waals surface area contributed by atoms with Gasteiger partial charge < -0.3 is 20.1 Å². The number of ether oxygens (including phenoxy) is 2. The van der Waals surface area contributed by atoms with Crippen LogP contribution in [0.2, 0.25) is 0 Å². The van der Waals surface area contributed by atoms with Gasteiger partial charge in [-0.15, -0.1) is 24.0 Å². The Balaban J connectivity index is 0.00000529. The lowest BCUT2D eigenvalue weighted by molar-refractivity contribution is 0.128. The summed E-state index contributed by atoms with van der Waals surface area (Å²) in [5.74, 6) is 1.19. The fraction of sp³-hybridized carbons (Fsp3) is 0.588. The number of benzene rings is 1. The zero-order chi connectivity index (χ0) is 17.1. The Kier molecular flexibility index (Phi) is 12.6. The second-order valence-electron chi connectivity index (χ2n) is 5.62. The van der Waals surface area contributed by atoms with Crippen LogP contribution in [0.25, 0.3) is 0 Å². The molecule has 5 nitrogen and oxygen atoms in total. The van der Waals surface area contributed by atoms with Crippen LogP contribution < -0.4 is 15.4 Å². The molecule has 24 heavy (non-hydrogen) atoms. The second-order valence-corrected chi connectivity index (χ2v) is 5.62. The van der Waals surface area contributed by atoms with Crippen LogP contribution in [0, 0.1) is 11.7 Å². The molecule has 0 amide bonds. The van der Waals surface area contributed by atoms with Crippen LogP contribution >= 0.6 is 24.0 Å². The van der Waals surface area contributed by atoms with Crippen molar-refractivity contribution < 1.29 is 13.9 Å². The highest BCUT2D eigenvalue weighted by molar-refractivity contribution is 14.0. The van der Waals surface area contributed by atoms with Gasteiger partial charge in [0, 0.05) is 26.7 Å². The molecule has 0 radical (unpaired) electrons. The molecule has 2 N–H and O–H groups in total. The first-order chi connectivity index (χ1) is 11.1. The second kappa shape index (κ2) is 13.2. The monoisotopic (exact) mass is 453 g/mol. The van der Waals surface area contributed by atoms with Gasteiger partial charge in [0.2, 0.25) is 0 Å². The molecule has 7 heteroatoms. The summed E-state index contributed by atoms with van der Waals surface area (Å²) in [6, 6.07) is 4.89. The molecular weight excluding hydrogens is 424 g/mol. The highest BCUT2D eigenvalue weighted by atomic mass is 127. The molecule has 0 aromatic heterocycles. The predicted octanol–water partition coefficient (Wildman–Crippen LogP) is 3.18. The number of methoxy groups -OCH3 is 1. The van der Waals surface area contributed by atoms with E-state index in [9.17, 15) is 4.39 Å². The Labute approximate surface area is 161 Å². The van der Waals surface area contributed by atoms with Crippen LogP contribution in [0.3, 0.4) is 0 Å². The van der Waals surface area contributed by atoms with E-state index in [1.165, 1.54) is 13.2 Å². The van der Waals surface area contributed by atoms with E-state index in [-0.39, 0.29) is 35.5 Å². The summed E-state index contributed by atoms with van der Waals surface area (Å²) in [5.41, 5.74) is 0.819. The van der Waals surface area contributed by atoms with Gasteiger partial charge in [-0.2, -0.15) is 0 Å². The van der Waals surface area contributed by atoms with E-state index in [1.54, 1.807) is 13.1 Å². The SMILES string of the molecule is CN=C(NCCOCCC(C)C)NCc1ccc(OC)c(F)c1.I. The van der Waals surface area contributed by atoms with Gasteiger partial charge in [0.1, 0.15) is 0 Å². The third kappa shape index (κ3) is 9.27. The Bertz CT molecular complexity index is 499. The Morgan fingerprint density at radius 1 is 1.25 bits per heavy atom. The molecule has 0 unspecified atom stereocenters. The number of nitrogens with one attached hydrogen (secondary N) is 2. The number of hydrogen-bond donors (Lipinski definition) is 2. The smallest absolute Gasteiger partial charge is 0.191 e. The molecule has 1 rings (SSSR count). The summed E-state index contributed by atoms with van der Waals surface area (Å²) in [4.78, 5) is 4.13. The number of nitrogens with zero attached hydrogens (tertiary/aromatic N) is 1. The lowest BCUT2D eigenvalue weighted by Crippen LogP contribution is -2.38. The summed E-state index contributed by atoms with van der Waals surface area (Å²) >= 11 is 0. The van der Waals surface area contributed by atoms with Gasteiger partial charge >= 0.3 is 0 Å². The Morgan fingerprint density at radius 3 is 2.58 bits per heavy atom. The molecule has 0 atom stereocenters. The number of aliphatic imine (C=N–C) groups is 1. The zero-order valence-electron chi connectivity index (χ0n) is 14.9. The summed E-state index contributed by atoms with van der Waals surface area (Å²) in [6.07, 6.45) is 1.07. The van der Waals surface area contributed by atoms with Crippen molar-refractivity contribution >= 4 is 29.9 Å². The number of halogens is 2. The van der Waals surface area contributed by atoms with E-state index in [2.05, 4.69) is 29.5 Å². The molecule has 1 aromatic carbocycles. The Hall–Kier alpha value is -1.09. The van der Waals surface area contributed by atoms with Gasteiger partial charge in [-0.1, -0.05) is 19.9 Å². The lowest BCUT2D eigenvalue weighted by atomic mass is 10.1. The third-order valence-corrected chi connectivity index (χ3v) is 3.28. The van der Waals surface area contributed by atoms with Gasteiger partial charge in [-0.3, -0.25) is 4.99 Å². The van der Waals surface area contributed by atoms with Gasteiger partial charge in [-0.05, 0) is 30.0 Å². The van der Waals surface area contributed by atoms with Crippen molar-refractivity contribution in [3.63, 3.8) is 0 Å². The maximum Gasteiger partial charge on any atom is 0.191 e. The van der Waals surface area contributed by atoms with Crippen molar-refractivity contribution in [1.29, 1.82) is 0 Å². The van der Waals surface area contributed by atoms with E-state index in [4.69, 9.17) is 9.47 Å². The largest absolute Gasteiger partial charge is 0.494 e. The third-order valence-electron chi connectivity index (χ3n) is 3.28. The molecule has 0 aliphatic heterocycles. The maximum absolute atomic E-state index is 13.6. The number of guanidine groups is 1. The van der Waals surface area contributed by atoms with Gasteiger partial charge in [0.25, 0.3) is 0 Å². The van der Waals surface area contributed by atoms with Crippen molar-refractivity contribution in [2.24, 2.45) is 10.9 Å². The van der Waals surface area contributed by atoms with Crippen LogP contribution in [0.5, 0.6) is 5.75 Å². The molecule has 0 fully saturated rings. The lowest BCUT2D eigenvalue weighted by Gasteiger charge is -2.13. The summed E-state index contributed by atoms with van der Waals surface area (Å²) in [5, 5.41) is 6.30. The molecule has 0 aliphatic carbocycles. The molecule has 0 saturated carbocycles. The van der Waals surface area contributed by atoms with Crippen LogP contribution in [0.4, 0.5) is 4.39 Å². The predicted molar refractivity (Wildman–Crippen MR) is 107 cm³/mol. The molecule has 0 aliphatic rings. The van der Waals surface area contributed by atoms with Crippen LogP contribution in [-0.2, 0) is 11.3 Å². The fourth-order valence-electron chi connectivity index (χ4n) is 1.89.